The summed E-state index contributed by atoms with van der Waals surface area (Å²) in [6.07, 6.45) is 6.63. The molecule has 0 bridgehead atoms. The van der Waals surface area contributed by atoms with Crippen LogP contribution in [0.2, 0.25) is 0 Å². The molecule has 0 aliphatic heterocycles. The summed E-state index contributed by atoms with van der Waals surface area (Å²) in [6, 6.07) is 12.3. The van der Waals surface area contributed by atoms with Crippen LogP contribution in [0.15, 0.2) is 47.4 Å². The zero-order chi connectivity index (χ0) is 23.1. The second-order valence-corrected chi connectivity index (χ2v) is 10.4. The number of ketones is 1. The van der Waals surface area contributed by atoms with E-state index in [0.717, 1.165) is 19.1 Å². The van der Waals surface area contributed by atoms with Crippen molar-refractivity contribution < 1.29 is 22.7 Å². The lowest BCUT2D eigenvalue weighted by Crippen LogP contribution is -2.29. The molecule has 1 amide bonds. The Bertz CT molecular complexity index is 1080. The Morgan fingerprint density at radius 3 is 2.50 bits per heavy atom. The van der Waals surface area contributed by atoms with Crippen molar-refractivity contribution in [1.82, 2.24) is 4.90 Å². The van der Waals surface area contributed by atoms with Gasteiger partial charge in [0.2, 0.25) is 5.91 Å². The number of amides is 1. The third-order valence-electron chi connectivity index (χ3n) is 5.80. The largest absolute Gasteiger partial charge is 0.493 e. The fourth-order valence-electron chi connectivity index (χ4n) is 3.87. The molecule has 0 N–H and O–H groups in total. The van der Waals surface area contributed by atoms with Gasteiger partial charge in [-0.25, -0.2) is 8.42 Å². The zero-order valence-corrected chi connectivity index (χ0v) is 19.6. The number of nitrogens with zero attached hydrogens (tertiary/aromatic N) is 1. The number of carbonyl (C=O) groups is 2. The molecule has 0 spiro atoms. The average Bonchev–Trinajstić information content (AvgIpc) is 2.79. The molecule has 6 nitrogen and oxygen atoms in total. The second-order valence-electron chi connectivity index (χ2n) is 8.38. The van der Waals surface area contributed by atoms with Crippen LogP contribution in [0.4, 0.5) is 0 Å². The predicted molar refractivity (Wildman–Crippen MR) is 124 cm³/mol. The van der Waals surface area contributed by atoms with Crippen LogP contribution >= 0.6 is 0 Å². The fourth-order valence-corrected chi connectivity index (χ4v) is 4.53. The van der Waals surface area contributed by atoms with Crippen LogP contribution in [0.1, 0.15) is 53.6 Å². The minimum Gasteiger partial charge on any atom is -0.493 e. The summed E-state index contributed by atoms with van der Waals surface area (Å²) in [6.45, 7) is 0.858. The van der Waals surface area contributed by atoms with Crippen molar-refractivity contribution in [1.29, 1.82) is 0 Å². The first kappa shape index (κ1) is 24.0. The molecule has 32 heavy (non-hydrogen) atoms. The number of benzene rings is 2. The molecule has 0 fully saturated rings. The van der Waals surface area contributed by atoms with Crippen LogP contribution in [-0.2, 0) is 27.5 Å². The summed E-state index contributed by atoms with van der Waals surface area (Å²) in [5, 5.41) is 0. The number of hydrogen-bond acceptors (Lipinski definition) is 5. The summed E-state index contributed by atoms with van der Waals surface area (Å²) in [5.41, 5.74) is 3.31. The van der Waals surface area contributed by atoms with Crippen molar-refractivity contribution in [2.24, 2.45) is 0 Å². The van der Waals surface area contributed by atoms with Gasteiger partial charge in [-0.2, -0.15) is 0 Å². The minimum absolute atomic E-state index is 0.00853. The number of ether oxygens (including phenoxy) is 1. The Kier molecular flexibility index (Phi) is 8.07. The van der Waals surface area contributed by atoms with E-state index in [2.05, 4.69) is 6.07 Å². The van der Waals surface area contributed by atoms with Gasteiger partial charge in [0.15, 0.2) is 15.6 Å². The van der Waals surface area contributed by atoms with Gasteiger partial charge >= 0.3 is 0 Å². The lowest BCUT2D eigenvalue weighted by molar-refractivity contribution is -0.129. The summed E-state index contributed by atoms with van der Waals surface area (Å²) in [4.78, 5) is 26.8. The van der Waals surface area contributed by atoms with Crippen LogP contribution in [0.3, 0.4) is 0 Å². The number of Topliss-reactive ketones (excluding diaryl/α,β-unsaturated/α-hetero) is 1. The first-order valence-electron chi connectivity index (χ1n) is 11.1. The molecule has 0 saturated heterocycles. The van der Waals surface area contributed by atoms with Gasteiger partial charge in [-0.05, 0) is 67.5 Å². The Labute approximate surface area is 190 Å². The molecule has 1 aliphatic carbocycles. The third kappa shape index (κ3) is 6.66. The number of fused-ring (bicyclic) bond motifs is 1. The van der Waals surface area contributed by atoms with E-state index in [1.807, 2.05) is 12.1 Å². The Hall–Kier alpha value is -2.67. The zero-order valence-electron chi connectivity index (χ0n) is 18.8. The van der Waals surface area contributed by atoms with Crippen molar-refractivity contribution in [2.75, 3.05) is 26.5 Å². The maximum absolute atomic E-state index is 12.5. The van der Waals surface area contributed by atoms with Gasteiger partial charge in [-0.15, -0.1) is 0 Å². The molecule has 0 unspecified atom stereocenters. The van der Waals surface area contributed by atoms with Gasteiger partial charge in [-0.1, -0.05) is 18.2 Å². The topological polar surface area (TPSA) is 80.8 Å². The highest BCUT2D eigenvalue weighted by Crippen LogP contribution is 2.23. The second kappa shape index (κ2) is 10.8. The molecule has 0 radical (unpaired) electrons. The lowest BCUT2D eigenvalue weighted by Gasteiger charge is -2.18. The quantitative estimate of drug-likeness (QED) is 0.400. The summed E-state index contributed by atoms with van der Waals surface area (Å²) >= 11 is 0. The van der Waals surface area contributed by atoms with Crippen molar-refractivity contribution in [3.05, 3.63) is 59.2 Å². The fraction of sp³-hybridized carbons (Fsp3) is 0.440. The normalized spacial score (nSPS) is 13.3. The lowest BCUT2D eigenvalue weighted by atomic mass is 9.89. The molecular formula is C25H31NO5S. The number of carbonyl (C=O) groups excluding carboxylic acids is 2. The van der Waals surface area contributed by atoms with Crippen LogP contribution in [0.25, 0.3) is 0 Å². The monoisotopic (exact) mass is 457 g/mol. The molecular weight excluding hydrogens is 426 g/mol. The highest BCUT2D eigenvalue weighted by atomic mass is 32.2. The standard InChI is InChI=1S/C25H31NO5S/c1-26(15-6-16-31-22-9-5-10-23(18-22)32(2,29)30)25(28)14-13-24(27)21-12-11-19-7-3-4-8-20(19)17-21/h5,9-12,17-18H,3-4,6-8,13-16H2,1-2H3. The van der Waals surface area contributed by atoms with Gasteiger partial charge in [0.05, 0.1) is 11.5 Å². The van der Waals surface area contributed by atoms with Gasteiger partial charge < -0.3 is 9.64 Å². The first-order chi connectivity index (χ1) is 15.2. The Morgan fingerprint density at radius 1 is 1.00 bits per heavy atom. The Balaban J connectivity index is 1.40. The van der Waals surface area contributed by atoms with Crippen LogP contribution in [-0.4, -0.2) is 51.5 Å². The van der Waals surface area contributed by atoms with E-state index in [9.17, 15) is 18.0 Å². The van der Waals surface area contributed by atoms with Gasteiger partial charge in [0.25, 0.3) is 0 Å². The van der Waals surface area contributed by atoms with Gasteiger partial charge in [-0.3, -0.25) is 9.59 Å². The predicted octanol–water partition coefficient (Wildman–Crippen LogP) is 3.86. The summed E-state index contributed by atoms with van der Waals surface area (Å²) < 4.78 is 28.9. The number of sulfone groups is 1. The van der Waals surface area contributed by atoms with Gasteiger partial charge in [0, 0.05) is 38.3 Å². The van der Waals surface area contributed by atoms with E-state index < -0.39 is 9.84 Å². The summed E-state index contributed by atoms with van der Waals surface area (Å²) in [7, 11) is -1.56. The molecule has 2 aromatic rings. The average molecular weight is 458 g/mol. The van der Waals surface area contributed by atoms with Crippen molar-refractivity contribution >= 4 is 21.5 Å². The summed E-state index contributed by atoms with van der Waals surface area (Å²) in [5.74, 6) is 0.419. The van der Waals surface area contributed by atoms with E-state index >= 15 is 0 Å². The molecule has 0 aromatic heterocycles. The number of rotatable bonds is 10. The molecule has 0 atom stereocenters. The highest BCUT2D eigenvalue weighted by molar-refractivity contribution is 7.90. The van der Waals surface area contributed by atoms with Crippen molar-refractivity contribution in [2.45, 2.75) is 49.8 Å². The van der Waals surface area contributed by atoms with Crippen molar-refractivity contribution in [3.8, 4) is 5.75 Å². The highest BCUT2D eigenvalue weighted by Gasteiger charge is 2.16. The number of aryl methyl sites for hydroxylation is 2. The molecule has 1 aliphatic rings. The maximum Gasteiger partial charge on any atom is 0.222 e. The molecule has 3 rings (SSSR count). The number of hydrogen-bond donors (Lipinski definition) is 0. The molecule has 0 saturated carbocycles. The van der Waals surface area contributed by atoms with Crippen LogP contribution in [0.5, 0.6) is 5.75 Å². The van der Waals surface area contributed by atoms with E-state index in [4.69, 9.17) is 4.74 Å². The van der Waals surface area contributed by atoms with E-state index in [1.165, 1.54) is 36.1 Å². The maximum atomic E-state index is 12.5. The van der Waals surface area contributed by atoms with E-state index in [-0.39, 0.29) is 29.4 Å². The van der Waals surface area contributed by atoms with Gasteiger partial charge in [0.1, 0.15) is 5.75 Å². The van der Waals surface area contributed by atoms with Crippen LogP contribution < -0.4 is 4.74 Å². The molecule has 172 valence electrons. The van der Waals surface area contributed by atoms with E-state index in [0.29, 0.717) is 30.9 Å². The SMILES string of the molecule is CN(CCCOc1cccc(S(C)(=O)=O)c1)C(=O)CCC(=O)c1ccc2c(c1)CCCC2. The van der Waals surface area contributed by atoms with Crippen molar-refractivity contribution in [3.63, 3.8) is 0 Å². The molecule has 0 heterocycles. The molecule has 2 aromatic carbocycles. The first-order valence-corrected chi connectivity index (χ1v) is 12.9. The smallest absolute Gasteiger partial charge is 0.222 e. The van der Waals surface area contributed by atoms with Crippen LogP contribution in [0, 0.1) is 0 Å². The minimum atomic E-state index is -3.28. The third-order valence-corrected chi connectivity index (χ3v) is 6.91. The van der Waals surface area contributed by atoms with E-state index in [1.54, 1.807) is 24.1 Å². The molecule has 7 heteroatoms. The Morgan fingerprint density at radius 2 is 1.75 bits per heavy atom.